The van der Waals surface area contributed by atoms with Gasteiger partial charge in [0.2, 0.25) is 0 Å². The highest BCUT2D eigenvalue weighted by atomic mass is 35.5. The first-order valence-corrected chi connectivity index (χ1v) is 5.44. The SMILES string of the molecule is COc1cc(C(N)c2cncnc2)ccc1Cl. The Labute approximate surface area is 104 Å². The van der Waals surface area contributed by atoms with Crippen molar-refractivity contribution in [1.29, 1.82) is 0 Å². The van der Waals surface area contributed by atoms with Gasteiger partial charge in [0.1, 0.15) is 12.1 Å². The van der Waals surface area contributed by atoms with Gasteiger partial charge in [0.25, 0.3) is 0 Å². The summed E-state index contributed by atoms with van der Waals surface area (Å²) in [6.45, 7) is 0. The second-order valence-electron chi connectivity index (χ2n) is 3.54. The second kappa shape index (κ2) is 5.12. The Morgan fingerprint density at radius 2 is 1.94 bits per heavy atom. The van der Waals surface area contributed by atoms with E-state index in [1.54, 1.807) is 25.6 Å². The monoisotopic (exact) mass is 249 g/mol. The van der Waals surface area contributed by atoms with Crippen LogP contribution in [-0.4, -0.2) is 17.1 Å². The van der Waals surface area contributed by atoms with Crippen LogP contribution >= 0.6 is 11.6 Å². The Bertz CT molecular complexity index is 504. The lowest BCUT2D eigenvalue weighted by Gasteiger charge is -2.13. The molecule has 0 bridgehead atoms. The maximum absolute atomic E-state index is 6.11. The molecule has 1 heterocycles. The number of ether oxygens (including phenoxy) is 1. The van der Waals surface area contributed by atoms with Crippen molar-refractivity contribution in [3.05, 3.63) is 53.1 Å². The lowest BCUT2D eigenvalue weighted by atomic mass is 10.0. The van der Waals surface area contributed by atoms with Crippen molar-refractivity contribution in [1.82, 2.24) is 9.97 Å². The molecule has 0 aliphatic heterocycles. The van der Waals surface area contributed by atoms with E-state index in [0.29, 0.717) is 10.8 Å². The first-order valence-electron chi connectivity index (χ1n) is 5.06. The Hall–Kier alpha value is -1.65. The minimum Gasteiger partial charge on any atom is -0.495 e. The number of hydrogen-bond acceptors (Lipinski definition) is 4. The number of nitrogens with two attached hydrogens (primary N) is 1. The molecule has 0 spiro atoms. The molecule has 4 nitrogen and oxygen atoms in total. The third-order valence-corrected chi connectivity index (χ3v) is 2.79. The zero-order valence-corrected chi connectivity index (χ0v) is 10.1. The van der Waals surface area contributed by atoms with Crippen LogP contribution in [0.3, 0.4) is 0 Å². The second-order valence-corrected chi connectivity index (χ2v) is 3.95. The summed E-state index contributed by atoms with van der Waals surface area (Å²) in [6.07, 6.45) is 4.86. The van der Waals surface area contributed by atoms with Crippen molar-refractivity contribution in [3.63, 3.8) is 0 Å². The van der Waals surface area contributed by atoms with Gasteiger partial charge in [-0.05, 0) is 17.7 Å². The van der Waals surface area contributed by atoms with Gasteiger partial charge >= 0.3 is 0 Å². The molecule has 1 atom stereocenters. The molecule has 1 aromatic heterocycles. The van der Waals surface area contributed by atoms with Gasteiger partial charge in [-0.25, -0.2) is 9.97 Å². The lowest BCUT2D eigenvalue weighted by molar-refractivity contribution is 0.414. The van der Waals surface area contributed by atoms with Crippen molar-refractivity contribution in [3.8, 4) is 5.75 Å². The fraction of sp³-hybridized carbons (Fsp3) is 0.167. The Kier molecular flexibility index (Phi) is 3.56. The number of rotatable bonds is 3. The van der Waals surface area contributed by atoms with Crippen LogP contribution in [0.5, 0.6) is 5.75 Å². The van der Waals surface area contributed by atoms with E-state index in [0.717, 1.165) is 11.1 Å². The fourth-order valence-corrected chi connectivity index (χ4v) is 1.73. The number of halogens is 1. The molecular formula is C12H12ClN3O. The molecule has 2 aromatic rings. The standard InChI is InChI=1S/C12H12ClN3O/c1-17-11-4-8(2-3-10(11)13)12(14)9-5-15-7-16-6-9/h2-7,12H,14H2,1H3. The molecular weight excluding hydrogens is 238 g/mol. The molecule has 5 heteroatoms. The zero-order chi connectivity index (χ0) is 12.3. The van der Waals surface area contributed by atoms with Crippen LogP contribution in [0.1, 0.15) is 17.2 Å². The topological polar surface area (TPSA) is 61.0 Å². The van der Waals surface area contributed by atoms with E-state index in [1.807, 2.05) is 12.1 Å². The fourth-order valence-electron chi connectivity index (χ4n) is 1.53. The van der Waals surface area contributed by atoms with Crippen LogP contribution in [0.2, 0.25) is 5.02 Å². The molecule has 2 N–H and O–H groups in total. The molecule has 1 aromatic carbocycles. The van der Waals surface area contributed by atoms with Crippen LogP contribution < -0.4 is 10.5 Å². The molecule has 0 aliphatic carbocycles. The number of benzene rings is 1. The van der Waals surface area contributed by atoms with Gasteiger partial charge < -0.3 is 10.5 Å². The van der Waals surface area contributed by atoms with Crippen LogP contribution in [0.25, 0.3) is 0 Å². The van der Waals surface area contributed by atoms with Crippen molar-refractivity contribution in [2.75, 3.05) is 7.11 Å². The van der Waals surface area contributed by atoms with E-state index >= 15 is 0 Å². The third kappa shape index (κ3) is 2.54. The van der Waals surface area contributed by atoms with Gasteiger partial charge in [0, 0.05) is 18.0 Å². The lowest BCUT2D eigenvalue weighted by Crippen LogP contribution is -2.12. The average Bonchev–Trinajstić information content (AvgIpc) is 2.39. The van der Waals surface area contributed by atoms with E-state index in [-0.39, 0.29) is 6.04 Å². The van der Waals surface area contributed by atoms with E-state index in [1.165, 1.54) is 6.33 Å². The van der Waals surface area contributed by atoms with Crippen LogP contribution in [-0.2, 0) is 0 Å². The van der Waals surface area contributed by atoms with Gasteiger partial charge in [0.15, 0.2) is 0 Å². The third-order valence-electron chi connectivity index (χ3n) is 2.47. The normalized spacial score (nSPS) is 12.2. The Morgan fingerprint density at radius 1 is 1.24 bits per heavy atom. The molecule has 2 rings (SSSR count). The van der Waals surface area contributed by atoms with Crippen molar-refractivity contribution < 1.29 is 4.74 Å². The quantitative estimate of drug-likeness (QED) is 0.906. The summed E-state index contributed by atoms with van der Waals surface area (Å²) >= 11 is 5.96. The van der Waals surface area contributed by atoms with Gasteiger partial charge in [-0.15, -0.1) is 0 Å². The summed E-state index contributed by atoms with van der Waals surface area (Å²) in [6, 6.07) is 5.16. The summed E-state index contributed by atoms with van der Waals surface area (Å²) < 4.78 is 5.15. The van der Waals surface area contributed by atoms with Gasteiger partial charge in [-0.1, -0.05) is 17.7 Å². The molecule has 88 valence electrons. The van der Waals surface area contributed by atoms with Crippen LogP contribution in [0, 0.1) is 0 Å². The smallest absolute Gasteiger partial charge is 0.137 e. The van der Waals surface area contributed by atoms with Crippen LogP contribution in [0.4, 0.5) is 0 Å². The summed E-state index contributed by atoms with van der Waals surface area (Å²) in [4.78, 5) is 7.89. The van der Waals surface area contributed by atoms with Gasteiger partial charge in [-0.2, -0.15) is 0 Å². The molecule has 17 heavy (non-hydrogen) atoms. The number of methoxy groups -OCH3 is 1. The van der Waals surface area contributed by atoms with Crippen molar-refractivity contribution >= 4 is 11.6 Å². The summed E-state index contributed by atoms with van der Waals surface area (Å²) in [5, 5.41) is 0.563. The minimum atomic E-state index is -0.289. The summed E-state index contributed by atoms with van der Waals surface area (Å²) in [5.74, 6) is 0.608. The minimum absolute atomic E-state index is 0.289. The summed E-state index contributed by atoms with van der Waals surface area (Å²) in [7, 11) is 1.57. The molecule has 1 unspecified atom stereocenters. The van der Waals surface area contributed by atoms with E-state index < -0.39 is 0 Å². The predicted molar refractivity (Wildman–Crippen MR) is 66.1 cm³/mol. The number of aromatic nitrogens is 2. The van der Waals surface area contributed by atoms with Crippen LogP contribution in [0.15, 0.2) is 36.9 Å². The zero-order valence-electron chi connectivity index (χ0n) is 9.30. The number of nitrogens with zero attached hydrogens (tertiary/aromatic N) is 2. The molecule has 0 amide bonds. The molecule has 0 radical (unpaired) electrons. The van der Waals surface area contributed by atoms with E-state index in [9.17, 15) is 0 Å². The first kappa shape index (κ1) is 11.8. The Morgan fingerprint density at radius 3 is 2.59 bits per heavy atom. The van der Waals surface area contributed by atoms with E-state index in [4.69, 9.17) is 22.1 Å². The molecule has 0 fully saturated rings. The highest BCUT2D eigenvalue weighted by Gasteiger charge is 2.11. The highest BCUT2D eigenvalue weighted by Crippen LogP contribution is 2.28. The molecule has 0 saturated heterocycles. The predicted octanol–water partition coefficient (Wildman–Crippen LogP) is 2.19. The summed E-state index contributed by atoms with van der Waals surface area (Å²) in [5.41, 5.74) is 7.86. The maximum atomic E-state index is 6.11. The first-order chi connectivity index (χ1) is 8.22. The van der Waals surface area contributed by atoms with Crippen molar-refractivity contribution in [2.24, 2.45) is 5.73 Å². The van der Waals surface area contributed by atoms with Crippen molar-refractivity contribution in [2.45, 2.75) is 6.04 Å². The average molecular weight is 250 g/mol. The van der Waals surface area contributed by atoms with Gasteiger partial charge in [-0.3, -0.25) is 0 Å². The largest absolute Gasteiger partial charge is 0.495 e. The van der Waals surface area contributed by atoms with Gasteiger partial charge in [0.05, 0.1) is 18.2 Å². The Balaban J connectivity index is 2.34. The van der Waals surface area contributed by atoms with E-state index in [2.05, 4.69) is 9.97 Å². The number of hydrogen-bond donors (Lipinski definition) is 1. The maximum Gasteiger partial charge on any atom is 0.137 e. The highest BCUT2D eigenvalue weighted by molar-refractivity contribution is 6.32. The molecule has 0 saturated carbocycles. The molecule has 0 aliphatic rings.